The summed E-state index contributed by atoms with van der Waals surface area (Å²) in [4.78, 5) is 16.5. The molecule has 1 aromatic carbocycles. The average molecular weight is 253 g/mol. The number of carbonyl (C=O) groups is 1. The first-order chi connectivity index (χ1) is 9.33. The third-order valence-corrected chi connectivity index (χ3v) is 3.26. The van der Waals surface area contributed by atoms with Crippen LogP contribution in [0.3, 0.4) is 0 Å². The SMILES string of the molecule is C=CCCCCCC(=O)c1ccnc2ccccc12. The van der Waals surface area contributed by atoms with Crippen LogP contribution >= 0.6 is 0 Å². The number of benzene rings is 1. The Kier molecular flexibility index (Phi) is 4.85. The Bertz CT molecular complexity index is 569. The number of carbonyl (C=O) groups excluding carboxylic acids is 1. The van der Waals surface area contributed by atoms with Gasteiger partial charge in [-0.05, 0) is 31.4 Å². The molecule has 0 aliphatic rings. The van der Waals surface area contributed by atoms with E-state index in [2.05, 4.69) is 11.6 Å². The van der Waals surface area contributed by atoms with Crippen LogP contribution in [0.4, 0.5) is 0 Å². The van der Waals surface area contributed by atoms with Crippen molar-refractivity contribution in [3.8, 4) is 0 Å². The molecule has 0 amide bonds. The van der Waals surface area contributed by atoms with E-state index in [0.717, 1.165) is 42.1 Å². The van der Waals surface area contributed by atoms with Crippen LogP contribution in [0.5, 0.6) is 0 Å². The maximum absolute atomic E-state index is 12.2. The second kappa shape index (κ2) is 6.83. The molecule has 1 aromatic heterocycles. The third-order valence-electron chi connectivity index (χ3n) is 3.26. The van der Waals surface area contributed by atoms with Gasteiger partial charge in [0, 0.05) is 23.6 Å². The molecule has 0 spiro atoms. The number of Topliss-reactive ketones (excluding diaryl/α,β-unsaturated/α-hetero) is 1. The first kappa shape index (κ1) is 13.5. The standard InChI is InChI=1S/C17H19NO/c1-2-3-4-5-6-11-17(19)15-12-13-18-16-10-8-7-9-14(15)16/h2,7-10,12-13H,1,3-6,11H2. The van der Waals surface area contributed by atoms with Crippen molar-refractivity contribution in [2.75, 3.05) is 0 Å². The second-order valence-corrected chi connectivity index (χ2v) is 4.69. The minimum Gasteiger partial charge on any atom is -0.294 e. The third kappa shape index (κ3) is 3.50. The smallest absolute Gasteiger partial charge is 0.163 e. The Morgan fingerprint density at radius 1 is 1.16 bits per heavy atom. The van der Waals surface area contributed by atoms with Crippen molar-refractivity contribution >= 4 is 16.7 Å². The zero-order chi connectivity index (χ0) is 13.5. The van der Waals surface area contributed by atoms with Crippen LogP contribution in [0, 0.1) is 0 Å². The van der Waals surface area contributed by atoms with Gasteiger partial charge in [-0.25, -0.2) is 0 Å². The van der Waals surface area contributed by atoms with Crippen LogP contribution in [0.15, 0.2) is 49.2 Å². The molecule has 0 unspecified atom stereocenters. The maximum atomic E-state index is 12.2. The number of aromatic nitrogens is 1. The number of fused-ring (bicyclic) bond motifs is 1. The summed E-state index contributed by atoms with van der Waals surface area (Å²) >= 11 is 0. The van der Waals surface area contributed by atoms with Gasteiger partial charge in [-0.2, -0.15) is 0 Å². The molecule has 2 nitrogen and oxygen atoms in total. The van der Waals surface area contributed by atoms with Crippen LogP contribution in [-0.2, 0) is 0 Å². The lowest BCUT2D eigenvalue weighted by atomic mass is 10.0. The van der Waals surface area contributed by atoms with E-state index in [-0.39, 0.29) is 5.78 Å². The number of hydrogen-bond donors (Lipinski definition) is 0. The van der Waals surface area contributed by atoms with Crippen molar-refractivity contribution in [1.29, 1.82) is 0 Å². The van der Waals surface area contributed by atoms with E-state index in [0.29, 0.717) is 6.42 Å². The molecule has 0 saturated heterocycles. The highest BCUT2D eigenvalue weighted by Gasteiger charge is 2.09. The molecular formula is C17H19NO. The second-order valence-electron chi connectivity index (χ2n) is 4.69. The van der Waals surface area contributed by atoms with Gasteiger partial charge in [0.2, 0.25) is 0 Å². The first-order valence-corrected chi connectivity index (χ1v) is 6.81. The van der Waals surface area contributed by atoms with E-state index in [1.807, 2.05) is 36.4 Å². The van der Waals surface area contributed by atoms with Gasteiger partial charge in [-0.1, -0.05) is 30.7 Å². The number of para-hydroxylation sites is 1. The number of ketones is 1. The Morgan fingerprint density at radius 3 is 2.84 bits per heavy atom. The minimum atomic E-state index is 0.220. The Morgan fingerprint density at radius 2 is 2.00 bits per heavy atom. The van der Waals surface area contributed by atoms with E-state index in [1.54, 1.807) is 6.20 Å². The largest absolute Gasteiger partial charge is 0.294 e. The van der Waals surface area contributed by atoms with Crippen LogP contribution in [-0.4, -0.2) is 10.8 Å². The van der Waals surface area contributed by atoms with Crippen LogP contribution in [0.1, 0.15) is 42.5 Å². The lowest BCUT2D eigenvalue weighted by Crippen LogP contribution is -2.00. The molecule has 0 aliphatic heterocycles. The summed E-state index contributed by atoms with van der Waals surface area (Å²) < 4.78 is 0. The quantitative estimate of drug-likeness (QED) is 0.411. The molecule has 0 radical (unpaired) electrons. The summed E-state index contributed by atoms with van der Waals surface area (Å²) in [5.74, 6) is 0.220. The van der Waals surface area contributed by atoms with Gasteiger partial charge in [0.15, 0.2) is 5.78 Å². The molecule has 0 N–H and O–H groups in total. The van der Waals surface area contributed by atoms with Crippen molar-refractivity contribution in [2.45, 2.75) is 32.1 Å². The fraction of sp³-hybridized carbons (Fsp3) is 0.294. The molecule has 1 heterocycles. The van der Waals surface area contributed by atoms with Crippen LogP contribution < -0.4 is 0 Å². The summed E-state index contributed by atoms with van der Waals surface area (Å²) in [6.45, 7) is 3.70. The van der Waals surface area contributed by atoms with Crippen molar-refractivity contribution in [2.24, 2.45) is 0 Å². The number of allylic oxidation sites excluding steroid dienone is 1. The summed E-state index contributed by atoms with van der Waals surface area (Å²) in [5, 5.41) is 0.959. The van der Waals surface area contributed by atoms with Gasteiger partial charge in [-0.3, -0.25) is 9.78 Å². The van der Waals surface area contributed by atoms with Crippen molar-refractivity contribution < 1.29 is 4.79 Å². The summed E-state index contributed by atoms with van der Waals surface area (Å²) in [7, 11) is 0. The van der Waals surface area contributed by atoms with Gasteiger partial charge in [0.05, 0.1) is 5.52 Å². The fourth-order valence-corrected chi connectivity index (χ4v) is 2.22. The molecule has 2 rings (SSSR count). The lowest BCUT2D eigenvalue weighted by molar-refractivity contribution is 0.0980. The number of hydrogen-bond acceptors (Lipinski definition) is 2. The molecule has 0 saturated carbocycles. The van der Waals surface area contributed by atoms with Gasteiger partial charge in [0.25, 0.3) is 0 Å². The fourth-order valence-electron chi connectivity index (χ4n) is 2.22. The van der Waals surface area contributed by atoms with Gasteiger partial charge in [0.1, 0.15) is 0 Å². The first-order valence-electron chi connectivity index (χ1n) is 6.81. The van der Waals surface area contributed by atoms with Gasteiger partial charge < -0.3 is 0 Å². The molecule has 19 heavy (non-hydrogen) atoms. The van der Waals surface area contributed by atoms with E-state index in [1.165, 1.54) is 0 Å². The summed E-state index contributed by atoms with van der Waals surface area (Å²) in [6.07, 6.45) is 8.45. The zero-order valence-corrected chi connectivity index (χ0v) is 11.1. The monoisotopic (exact) mass is 253 g/mol. The van der Waals surface area contributed by atoms with Crippen molar-refractivity contribution in [3.63, 3.8) is 0 Å². The maximum Gasteiger partial charge on any atom is 0.163 e. The van der Waals surface area contributed by atoms with E-state index >= 15 is 0 Å². The molecule has 2 aromatic rings. The molecule has 0 atom stereocenters. The molecule has 0 fully saturated rings. The summed E-state index contributed by atoms with van der Waals surface area (Å²) in [6, 6.07) is 9.63. The predicted molar refractivity (Wildman–Crippen MR) is 79.4 cm³/mol. The predicted octanol–water partition coefficient (Wildman–Crippen LogP) is 4.55. The Balaban J connectivity index is 2.03. The lowest BCUT2D eigenvalue weighted by Gasteiger charge is -2.05. The van der Waals surface area contributed by atoms with Crippen molar-refractivity contribution in [1.82, 2.24) is 4.98 Å². The molecule has 98 valence electrons. The highest BCUT2D eigenvalue weighted by molar-refractivity contribution is 6.07. The Hall–Kier alpha value is -1.96. The molecule has 0 bridgehead atoms. The number of pyridine rings is 1. The number of nitrogens with zero attached hydrogens (tertiary/aromatic N) is 1. The van der Waals surface area contributed by atoms with Gasteiger partial charge >= 0.3 is 0 Å². The summed E-state index contributed by atoms with van der Waals surface area (Å²) in [5.41, 5.74) is 1.69. The number of unbranched alkanes of at least 4 members (excludes halogenated alkanes) is 3. The molecular weight excluding hydrogens is 234 g/mol. The minimum absolute atomic E-state index is 0.220. The van der Waals surface area contributed by atoms with E-state index < -0.39 is 0 Å². The van der Waals surface area contributed by atoms with E-state index in [9.17, 15) is 4.79 Å². The topological polar surface area (TPSA) is 30.0 Å². The van der Waals surface area contributed by atoms with Crippen LogP contribution in [0.25, 0.3) is 10.9 Å². The highest BCUT2D eigenvalue weighted by Crippen LogP contribution is 2.18. The van der Waals surface area contributed by atoms with Crippen LogP contribution in [0.2, 0.25) is 0 Å². The zero-order valence-electron chi connectivity index (χ0n) is 11.1. The van der Waals surface area contributed by atoms with Crippen molar-refractivity contribution in [3.05, 3.63) is 54.7 Å². The average Bonchev–Trinajstić information content (AvgIpc) is 2.46. The van der Waals surface area contributed by atoms with Gasteiger partial charge in [-0.15, -0.1) is 6.58 Å². The number of rotatable bonds is 7. The Labute approximate surface area is 114 Å². The molecule has 2 heteroatoms. The molecule has 0 aliphatic carbocycles. The van der Waals surface area contributed by atoms with E-state index in [4.69, 9.17) is 0 Å². The normalized spacial score (nSPS) is 10.5. The highest BCUT2D eigenvalue weighted by atomic mass is 16.1.